The molecule has 1 heteroatoms. The Morgan fingerprint density at radius 2 is 1.50 bits per heavy atom. The van der Waals surface area contributed by atoms with Crippen LogP contribution in [0.4, 0.5) is 0 Å². The van der Waals surface area contributed by atoms with Crippen LogP contribution in [0.1, 0.15) is 34.6 Å². The van der Waals surface area contributed by atoms with E-state index in [-0.39, 0.29) is 0 Å². The van der Waals surface area contributed by atoms with Gasteiger partial charge in [-0.2, -0.15) is 0 Å². The lowest BCUT2D eigenvalue weighted by atomic mass is 9.76. The van der Waals surface area contributed by atoms with Crippen LogP contribution in [0, 0.1) is 17.8 Å². The van der Waals surface area contributed by atoms with E-state index in [1.165, 1.54) is 0 Å². The van der Waals surface area contributed by atoms with E-state index in [4.69, 9.17) is 0 Å². The minimum atomic E-state index is 0.705. The van der Waals surface area contributed by atoms with Crippen molar-refractivity contribution in [3.8, 4) is 0 Å². The topological polar surface area (TPSA) is 3.01 Å². The van der Waals surface area contributed by atoms with E-state index in [1.54, 1.807) is 5.71 Å². The lowest BCUT2D eigenvalue weighted by Gasteiger charge is -2.33. The van der Waals surface area contributed by atoms with Gasteiger partial charge < -0.3 is 0 Å². The zero-order chi connectivity index (χ0) is 9.46. The first-order valence-corrected chi connectivity index (χ1v) is 5.03. The third kappa shape index (κ3) is 1.30. The minimum Gasteiger partial charge on any atom is -0.237 e. The molecular weight excluding hydrogens is 146 g/mol. The van der Waals surface area contributed by atoms with Gasteiger partial charge in [-0.05, 0) is 12.8 Å². The second-order valence-corrected chi connectivity index (χ2v) is 4.50. The third-order valence-corrected chi connectivity index (χ3v) is 4.21. The smallest absolute Gasteiger partial charge is 0.152 e. The van der Waals surface area contributed by atoms with Crippen molar-refractivity contribution in [2.45, 2.75) is 40.7 Å². The zero-order valence-electron chi connectivity index (χ0n) is 9.26. The van der Waals surface area contributed by atoms with Crippen molar-refractivity contribution in [2.75, 3.05) is 7.05 Å². The Morgan fingerprint density at radius 3 is 2.00 bits per heavy atom. The molecule has 1 rings (SSSR count). The maximum absolute atomic E-state index is 2.44. The van der Waals surface area contributed by atoms with Crippen LogP contribution in [-0.4, -0.2) is 23.4 Å². The number of nitrogens with zero attached hydrogens (tertiary/aromatic N) is 1. The monoisotopic (exact) mass is 168 g/mol. The van der Waals surface area contributed by atoms with Gasteiger partial charge in [0.1, 0.15) is 7.05 Å². The predicted molar refractivity (Wildman–Crippen MR) is 53.8 cm³/mol. The lowest BCUT2D eigenvalue weighted by molar-refractivity contribution is -0.553. The van der Waals surface area contributed by atoms with E-state index in [1.807, 2.05) is 0 Å². The van der Waals surface area contributed by atoms with Gasteiger partial charge >= 0.3 is 0 Å². The third-order valence-electron chi connectivity index (χ3n) is 4.21. The molecule has 0 saturated heterocycles. The highest BCUT2D eigenvalue weighted by Gasteiger charge is 2.37. The van der Waals surface area contributed by atoms with Crippen molar-refractivity contribution >= 4 is 5.71 Å². The molecule has 0 spiro atoms. The van der Waals surface area contributed by atoms with E-state index in [9.17, 15) is 0 Å². The molecule has 0 radical (unpaired) electrons. The summed E-state index contributed by atoms with van der Waals surface area (Å²) in [6.45, 7) is 11.7. The number of hydrogen-bond acceptors (Lipinski definition) is 0. The van der Waals surface area contributed by atoms with Gasteiger partial charge in [-0.1, -0.05) is 20.8 Å². The fraction of sp³-hybridized carbons (Fsp3) is 0.909. The maximum atomic E-state index is 2.44. The molecule has 70 valence electrons. The van der Waals surface area contributed by atoms with Crippen molar-refractivity contribution in [1.82, 2.24) is 0 Å². The molecule has 2 unspecified atom stereocenters. The molecule has 12 heavy (non-hydrogen) atoms. The van der Waals surface area contributed by atoms with Crippen LogP contribution in [0.2, 0.25) is 0 Å². The Kier molecular flexibility index (Phi) is 2.60. The van der Waals surface area contributed by atoms with Crippen molar-refractivity contribution in [1.29, 1.82) is 0 Å². The highest BCUT2D eigenvalue weighted by molar-refractivity contribution is 5.80. The summed E-state index contributed by atoms with van der Waals surface area (Å²) >= 11 is 0. The molecule has 1 nitrogen and oxygen atoms in total. The molecule has 0 aromatic carbocycles. The highest BCUT2D eigenvalue weighted by atomic mass is 15.0. The van der Waals surface area contributed by atoms with Crippen molar-refractivity contribution < 1.29 is 4.58 Å². The fourth-order valence-electron chi connectivity index (χ4n) is 2.27. The first kappa shape index (κ1) is 9.76. The fourth-order valence-corrected chi connectivity index (χ4v) is 2.27. The largest absolute Gasteiger partial charge is 0.237 e. The van der Waals surface area contributed by atoms with Gasteiger partial charge in [0.2, 0.25) is 0 Å². The van der Waals surface area contributed by atoms with Crippen LogP contribution in [-0.2, 0) is 0 Å². The Bertz CT molecular complexity index is 183. The first-order chi connectivity index (χ1) is 5.46. The van der Waals surface area contributed by atoms with Crippen LogP contribution in [0.3, 0.4) is 0 Å². The molecule has 0 amide bonds. The molecule has 0 aromatic heterocycles. The summed E-state index contributed by atoms with van der Waals surface area (Å²) in [5, 5.41) is 0. The Hall–Kier alpha value is -0.330. The van der Waals surface area contributed by atoms with Gasteiger partial charge in [-0.15, -0.1) is 0 Å². The van der Waals surface area contributed by atoms with Crippen molar-refractivity contribution in [3.05, 3.63) is 0 Å². The van der Waals surface area contributed by atoms with Crippen molar-refractivity contribution in [2.24, 2.45) is 17.8 Å². The SMILES string of the molecule is CC1=[N+](C)C(C)C(C)[C@H](C)[C@@H]1C. The van der Waals surface area contributed by atoms with Gasteiger partial charge in [0.05, 0.1) is 0 Å². The molecule has 0 N–H and O–H groups in total. The zero-order valence-corrected chi connectivity index (χ0v) is 9.26. The molecule has 0 saturated carbocycles. The molecule has 0 bridgehead atoms. The van der Waals surface area contributed by atoms with Crippen LogP contribution in [0.25, 0.3) is 0 Å². The van der Waals surface area contributed by atoms with Gasteiger partial charge in [0, 0.05) is 18.8 Å². The van der Waals surface area contributed by atoms with Crippen LogP contribution < -0.4 is 0 Å². The summed E-state index contributed by atoms with van der Waals surface area (Å²) < 4.78 is 2.44. The second kappa shape index (κ2) is 3.20. The van der Waals surface area contributed by atoms with Gasteiger partial charge in [0.25, 0.3) is 0 Å². The molecule has 0 aliphatic carbocycles. The van der Waals surface area contributed by atoms with E-state index >= 15 is 0 Å². The molecule has 0 aromatic rings. The molecule has 0 fully saturated rings. The minimum absolute atomic E-state index is 0.705. The molecular formula is C11H22N+. The quantitative estimate of drug-likeness (QED) is 0.489. The van der Waals surface area contributed by atoms with Crippen molar-refractivity contribution in [3.63, 3.8) is 0 Å². The summed E-state index contributed by atoms with van der Waals surface area (Å²) in [7, 11) is 2.22. The van der Waals surface area contributed by atoms with E-state index in [2.05, 4.69) is 46.2 Å². The van der Waals surface area contributed by atoms with Gasteiger partial charge in [0.15, 0.2) is 11.8 Å². The second-order valence-electron chi connectivity index (χ2n) is 4.50. The normalized spacial score (nSPS) is 43.5. The first-order valence-electron chi connectivity index (χ1n) is 5.03. The standard InChI is InChI=1S/C11H22N/c1-7-8(2)10(4)12(6)11(5)9(7)3/h7-10H,1-6H3/q+1/t7-,8?,9-,10?/m0/s1. The van der Waals surface area contributed by atoms with E-state index < -0.39 is 0 Å². The summed E-state index contributed by atoms with van der Waals surface area (Å²) in [5.41, 5.74) is 1.55. The number of hydrogen-bond donors (Lipinski definition) is 0. The Morgan fingerprint density at radius 1 is 1.00 bits per heavy atom. The maximum Gasteiger partial charge on any atom is 0.152 e. The van der Waals surface area contributed by atoms with E-state index in [0.29, 0.717) is 6.04 Å². The number of rotatable bonds is 0. The lowest BCUT2D eigenvalue weighted by Crippen LogP contribution is -2.44. The molecule has 4 atom stereocenters. The van der Waals surface area contributed by atoms with Crippen LogP contribution in [0.5, 0.6) is 0 Å². The Balaban J connectivity index is 3.00. The average molecular weight is 168 g/mol. The van der Waals surface area contributed by atoms with Gasteiger partial charge in [-0.3, -0.25) is 0 Å². The summed E-state index contributed by atoms with van der Waals surface area (Å²) in [6, 6.07) is 0.705. The molecule has 1 aliphatic heterocycles. The van der Waals surface area contributed by atoms with Crippen LogP contribution in [0.15, 0.2) is 0 Å². The summed E-state index contributed by atoms with van der Waals surface area (Å²) in [6.07, 6.45) is 0. The summed E-state index contributed by atoms with van der Waals surface area (Å²) in [4.78, 5) is 0. The van der Waals surface area contributed by atoms with Crippen LogP contribution >= 0.6 is 0 Å². The Labute approximate surface area is 76.5 Å². The van der Waals surface area contributed by atoms with E-state index in [0.717, 1.165) is 17.8 Å². The predicted octanol–water partition coefficient (Wildman–Crippen LogP) is 2.40. The summed E-state index contributed by atoms with van der Waals surface area (Å²) in [5.74, 6) is 2.39. The van der Waals surface area contributed by atoms with Gasteiger partial charge in [-0.25, -0.2) is 4.58 Å². The molecule has 1 aliphatic rings. The highest BCUT2D eigenvalue weighted by Crippen LogP contribution is 2.29. The average Bonchev–Trinajstić information content (AvgIpc) is 2.08. The molecule has 1 heterocycles.